The van der Waals surface area contributed by atoms with Gasteiger partial charge in [-0.3, -0.25) is 0 Å². The molecule has 0 saturated carbocycles. The number of hydrogen-bond acceptors (Lipinski definition) is 5. The highest BCUT2D eigenvalue weighted by molar-refractivity contribution is 5.96. The van der Waals surface area contributed by atoms with Crippen LogP contribution in [0.4, 0.5) is 5.82 Å². The van der Waals surface area contributed by atoms with E-state index in [9.17, 15) is 0 Å². The van der Waals surface area contributed by atoms with Crippen LogP contribution in [-0.2, 0) is 4.74 Å². The topological polar surface area (TPSA) is 82.7 Å². The summed E-state index contributed by atoms with van der Waals surface area (Å²) in [4.78, 5) is 23.2. The molecule has 1 aliphatic heterocycles. The van der Waals surface area contributed by atoms with E-state index in [1.807, 2.05) is 18.3 Å². The van der Waals surface area contributed by atoms with Gasteiger partial charge in [-0.25, -0.2) is 15.0 Å². The third-order valence-electron chi connectivity index (χ3n) is 5.47. The molecule has 5 heterocycles. The van der Waals surface area contributed by atoms with Crippen molar-refractivity contribution in [3.63, 3.8) is 0 Å². The Hall–Kier alpha value is -2.93. The van der Waals surface area contributed by atoms with E-state index in [-0.39, 0.29) is 6.04 Å². The summed E-state index contributed by atoms with van der Waals surface area (Å²) in [6.45, 7) is 8.64. The number of fused-ring (bicyclic) bond motifs is 2. The van der Waals surface area contributed by atoms with Crippen molar-refractivity contribution in [3.05, 3.63) is 35.8 Å². The van der Waals surface area contributed by atoms with E-state index in [0.29, 0.717) is 19.0 Å². The summed E-state index contributed by atoms with van der Waals surface area (Å²) in [5.74, 6) is 1.69. The number of aromatic amines is 2. The first kappa shape index (κ1) is 16.3. The third kappa shape index (κ3) is 2.49. The normalized spacial score (nSPS) is 17.9. The van der Waals surface area contributed by atoms with Crippen LogP contribution in [0.15, 0.2) is 24.5 Å². The molecule has 0 radical (unpaired) electrons. The molecule has 1 atom stereocenters. The summed E-state index contributed by atoms with van der Waals surface area (Å²) in [5.41, 5.74) is 5.03. The van der Waals surface area contributed by atoms with Gasteiger partial charge in [0, 0.05) is 35.6 Å². The fraction of sp³-hybridized carbons (Fsp3) is 0.350. The number of ether oxygens (including phenoxy) is 1. The fourth-order valence-electron chi connectivity index (χ4n) is 3.87. The zero-order valence-corrected chi connectivity index (χ0v) is 15.7. The number of rotatable bonds is 2. The molecule has 7 nitrogen and oxygen atoms in total. The molecule has 1 unspecified atom stereocenters. The zero-order chi connectivity index (χ0) is 18.5. The molecule has 4 aromatic rings. The van der Waals surface area contributed by atoms with Crippen LogP contribution in [0.2, 0.25) is 0 Å². The number of anilines is 1. The van der Waals surface area contributed by atoms with Gasteiger partial charge in [0.25, 0.3) is 0 Å². The van der Waals surface area contributed by atoms with Crippen LogP contribution in [0.1, 0.15) is 18.2 Å². The molecule has 0 aliphatic carbocycles. The quantitative estimate of drug-likeness (QED) is 0.571. The first-order chi connectivity index (χ1) is 13.1. The summed E-state index contributed by atoms with van der Waals surface area (Å²) in [6.07, 6.45) is 3.69. The Morgan fingerprint density at radius 1 is 1.19 bits per heavy atom. The van der Waals surface area contributed by atoms with Crippen molar-refractivity contribution in [2.45, 2.75) is 26.8 Å². The van der Waals surface area contributed by atoms with Crippen molar-refractivity contribution in [3.8, 4) is 11.4 Å². The Kier molecular flexibility index (Phi) is 3.65. The van der Waals surface area contributed by atoms with E-state index >= 15 is 0 Å². The Labute approximate surface area is 156 Å². The first-order valence-corrected chi connectivity index (χ1v) is 9.27. The molecule has 1 fully saturated rings. The van der Waals surface area contributed by atoms with E-state index in [0.717, 1.165) is 45.7 Å². The van der Waals surface area contributed by atoms with Gasteiger partial charge >= 0.3 is 0 Å². The minimum absolute atomic E-state index is 0.268. The SMILES string of the molecule is Cc1[nH]c2nc(-c3ccnc4[nH]ccc34)nc(N3CCOCC3C)c2c1C. The van der Waals surface area contributed by atoms with Crippen LogP contribution in [0, 0.1) is 13.8 Å². The van der Waals surface area contributed by atoms with Gasteiger partial charge in [-0.15, -0.1) is 0 Å². The van der Waals surface area contributed by atoms with E-state index in [1.165, 1.54) is 5.56 Å². The summed E-state index contributed by atoms with van der Waals surface area (Å²) < 4.78 is 5.64. The maximum Gasteiger partial charge on any atom is 0.164 e. The highest BCUT2D eigenvalue weighted by atomic mass is 16.5. The fourth-order valence-corrected chi connectivity index (χ4v) is 3.87. The van der Waals surface area contributed by atoms with Crippen LogP contribution in [-0.4, -0.2) is 50.7 Å². The summed E-state index contributed by atoms with van der Waals surface area (Å²) in [5, 5.41) is 2.13. The van der Waals surface area contributed by atoms with Gasteiger partial charge in [0.15, 0.2) is 5.82 Å². The maximum absolute atomic E-state index is 5.64. The minimum Gasteiger partial charge on any atom is -0.377 e. The standard InChI is InChI=1S/C20H22N6O/c1-11-10-27-9-8-26(11)20-16-12(2)13(3)23-19(16)24-18(25-20)15-5-7-22-17-14(15)4-6-21-17/h4-7,11H,8-10H2,1-3H3,(H,21,22)(H,23,24,25). The number of hydrogen-bond donors (Lipinski definition) is 2. The van der Waals surface area contributed by atoms with Gasteiger partial charge in [-0.1, -0.05) is 0 Å². The maximum atomic E-state index is 5.64. The molecule has 0 bridgehead atoms. The molecular formula is C20H22N6O. The molecule has 0 aromatic carbocycles. The number of pyridine rings is 1. The predicted molar refractivity (Wildman–Crippen MR) is 106 cm³/mol. The summed E-state index contributed by atoms with van der Waals surface area (Å²) in [7, 11) is 0. The molecule has 27 heavy (non-hydrogen) atoms. The molecule has 4 aromatic heterocycles. The average Bonchev–Trinajstić information content (AvgIpc) is 3.26. The van der Waals surface area contributed by atoms with Crippen molar-refractivity contribution in [1.82, 2.24) is 24.9 Å². The lowest BCUT2D eigenvalue weighted by Gasteiger charge is -2.34. The Morgan fingerprint density at radius 2 is 2.07 bits per heavy atom. The van der Waals surface area contributed by atoms with Gasteiger partial charge < -0.3 is 19.6 Å². The number of morpholine rings is 1. The lowest BCUT2D eigenvalue weighted by Crippen LogP contribution is -2.44. The van der Waals surface area contributed by atoms with Crippen molar-refractivity contribution in [2.24, 2.45) is 0 Å². The average molecular weight is 362 g/mol. The number of H-pyrrole nitrogens is 2. The highest BCUT2D eigenvalue weighted by Crippen LogP contribution is 2.34. The van der Waals surface area contributed by atoms with Crippen LogP contribution >= 0.6 is 0 Å². The van der Waals surface area contributed by atoms with Gasteiger partial charge in [-0.05, 0) is 38.5 Å². The van der Waals surface area contributed by atoms with E-state index in [1.54, 1.807) is 6.20 Å². The highest BCUT2D eigenvalue weighted by Gasteiger charge is 2.26. The van der Waals surface area contributed by atoms with E-state index in [2.05, 4.69) is 40.6 Å². The molecule has 1 saturated heterocycles. The number of nitrogens with zero attached hydrogens (tertiary/aromatic N) is 4. The predicted octanol–water partition coefficient (Wildman–Crippen LogP) is 3.34. The first-order valence-electron chi connectivity index (χ1n) is 9.27. The lowest BCUT2D eigenvalue weighted by molar-refractivity contribution is 0.0987. The molecule has 0 amide bonds. The van der Waals surface area contributed by atoms with Crippen LogP contribution < -0.4 is 4.90 Å². The van der Waals surface area contributed by atoms with Crippen molar-refractivity contribution >= 4 is 27.9 Å². The van der Waals surface area contributed by atoms with Gasteiger partial charge in [0.2, 0.25) is 0 Å². The smallest absolute Gasteiger partial charge is 0.164 e. The van der Waals surface area contributed by atoms with Crippen LogP contribution in [0.5, 0.6) is 0 Å². The van der Waals surface area contributed by atoms with Crippen molar-refractivity contribution in [1.29, 1.82) is 0 Å². The van der Waals surface area contributed by atoms with Crippen LogP contribution in [0.3, 0.4) is 0 Å². The van der Waals surface area contributed by atoms with E-state index < -0.39 is 0 Å². The molecule has 5 rings (SSSR count). The molecular weight excluding hydrogens is 340 g/mol. The molecule has 138 valence electrons. The third-order valence-corrected chi connectivity index (χ3v) is 5.47. The second-order valence-electron chi connectivity index (χ2n) is 7.19. The molecule has 2 N–H and O–H groups in total. The van der Waals surface area contributed by atoms with Gasteiger partial charge in [-0.2, -0.15) is 0 Å². The number of aromatic nitrogens is 5. The Morgan fingerprint density at radius 3 is 2.93 bits per heavy atom. The van der Waals surface area contributed by atoms with E-state index in [4.69, 9.17) is 14.7 Å². The zero-order valence-electron chi connectivity index (χ0n) is 15.7. The van der Waals surface area contributed by atoms with Crippen molar-refractivity contribution in [2.75, 3.05) is 24.7 Å². The largest absolute Gasteiger partial charge is 0.377 e. The number of aryl methyl sites for hydroxylation is 2. The number of nitrogens with one attached hydrogen (secondary N) is 2. The summed E-state index contributed by atoms with van der Waals surface area (Å²) >= 11 is 0. The minimum atomic E-state index is 0.268. The Balaban J connectivity index is 1.78. The van der Waals surface area contributed by atoms with Crippen LogP contribution in [0.25, 0.3) is 33.5 Å². The Bertz CT molecular complexity index is 1140. The van der Waals surface area contributed by atoms with Gasteiger partial charge in [0.05, 0.1) is 24.6 Å². The lowest BCUT2D eigenvalue weighted by atomic mass is 10.1. The second-order valence-corrected chi connectivity index (χ2v) is 7.19. The monoisotopic (exact) mass is 362 g/mol. The van der Waals surface area contributed by atoms with Crippen molar-refractivity contribution < 1.29 is 4.74 Å². The summed E-state index contributed by atoms with van der Waals surface area (Å²) in [6, 6.07) is 4.27. The second kappa shape index (κ2) is 6.06. The molecule has 7 heteroatoms. The van der Waals surface area contributed by atoms with Gasteiger partial charge in [0.1, 0.15) is 17.1 Å². The molecule has 0 spiro atoms. The molecule has 1 aliphatic rings.